The zero-order chi connectivity index (χ0) is 11.5. The second kappa shape index (κ2) is 4.24. The fraction of sp³-hybridized carbons (Fsp3) is 0.750. The molecule has 0 aliphatic rings. The van der Waals surface area contributed by atoms with Gasteiger partial charge >= 0.3 is 6.09 Å². The van der Waals surface area contributed by atoms with E-state index < -0.39 is 11.7 Å². The highest BCUT2D eigenvalue weighted by Gasteiger charge is 2.16. The van der Waals surface area contributed by atoms with Crippen molar-refractivity contribution < 1.29 is 9.53 Å². The lowest BCUT2D eigenvalue weighted by atomic mass is 10.2. The molecule has 0 spiro atoms. The number of hydrogen-bond acceptors (Lipinski definition) is 5. The number of carbonyl (C=O) groups is 1. The number of nitrogens with one attached hydrogen (secondary N) is 1. The molecule has 0 aromatic carbocycles. The van der Waals surface area contributed by atoms with Crippen LogP contribution in [-0.2, 0) is 18.3 Å². The third kappa shape index (κ3) is 4.39. The van der Waals surface area contributed by atoms with Crippen LogP contribution in [0, 0.1) is 0 Å². The van der Waals surface area contributed by atoms with Gasteiger partial charge in [0.1, 0.15) is 5.60 Å². The van der Waals surface area contributed by atoms with Crippen LogP contribution in [0.1, 0.15) is 26.6 Å². The largest absolute Gasteiger partial charge is 0.444 e. The Kier molecular flexibility index (Phi) is 3.23. The van der Waals surface area contributed by atoms with Crippen molar-refractivity contribution in [3.05, 3.63) is 5.82 Å². The van der Waals surface area contributed by atoms with Gasteiger partial charge in [-0.15, -0.1) is 10.2 Å². The summed E-state index contributed by atoms with van der Waals surface area (Å²) in [6.07, 6.45) is -0.491. The van der Waals surface area contributed by atoms with Crippen LogP contribution in [0.5, 0.6) is 0 Å². The molecule has 7 nitrogen and oxygen atoms in total. The predicted octanol–water partition coefficient (Wildman–Crippen LogP) is 0.235. The van der Waals surface area contributed by atoms with E-state index in [-0.39, 0.29) is 6.54 Å². The molecule has 0 saturated carbocycles. The molecule has 84 valence electrons. The van der Waals surface area contributed by atoms with Crippen LogP contribution in [0.3, 0.4) is 0 Å². The van der Waals surface area contributed by atoms with Crippen molar-refractivity contribution in [2.24, 2.45) is 7.05 Å². The SMILES string of the molecule is Cn1nnc(CNC(=O)OC(C)(C)C)n1. The monoisotopic (exact) mass is 213 g/mol. The molecule has 1 aromatic rings. The Morgan fingerprint density at radius 1 is 1.53 bits per heavy atom. The Labute approximate surface area is 87.8 Å². The topological polar surface area (TPSA) is 81.9 Å². The zero-order valence-corrected chi connectivity index (χ0v) is 9.31. The first-order chi connectivity index (χ1) is 6.87. The van der Waals surface area contributed by atoms with E-state index in [1.165, 1.54) is 4.80 Å². The summed E-state index contributed by atoms with van der Waals surface area (Å²) in [5, 5.41) is 13.8. The Morgan fingerprint density at radius 3 is 2.67 bits per heavy atom. The number of alkyl carbamates (subject to hydrolysis) is 1. The summed E-state index contributed by atoms with van der Waals surface area (Å²) in [6.45, 7) is 5.61. The van der Waals surface area contributed by atoms with Crippen LogP contribution in [-0.4, -0.2) is 31.9 Å². The lowest BCUT2D eigenvalue weighted by Gasteiger charge is -2.19. The predicted molar refractivity (Wildman–Crippen MR) is 51.9 cm³/mol. The molecule has 7 heteroatoms. The van der Waals surface area contributed by atoms with E-state index in [2.05, 4.69) is 20.7 Å². The summed E-state index contributed by atoms with van der Waals surface area (Å²) in [4.78, 5) is 12.5. The summed E-state index contributed by atoms with van der Waals surface area (Å²) >= 11 is 0. The van der Waals surface area contributed by atoms with E-state index in [0.717, 1.165) is 0 Å². The highest BCUT2D eigenvalue weighted by molar-refractivity contribution is 5.67. The van der Waals surface area contributed by atoms with Crippen LogP contribution < -0.4 is 5.32 Å². The maximum atomic E-state index is 11.2. The molecule has 0 radical (unpaired) electrons. The van der Waals surface area contributed by atoms with Gasteiger partial charge < -0.3 is 10.1 Å². The average molecular weight is 213 g/mol. The Hall–Kier alpha value is -1.66. The number of ether oxygens (including phenoxy) is 1. The maximum Gasteiger partial charge on any atom is 0.408 e. The van der Waals surface area contributed by atoms with Gasteiger partial charge in [-0.25, -0.2) is 4.79 Å². The molecular formula is C8H15N5O2. The number of aryl methyl sites for hydroxylation is 1. The molecular weight excluding hydrogens is 198 g/mol. The van der Waals surface area contributed by atoms with Gasteiger partial charge in [-0.1, -0.05) is 0 Å². The molecule has 0 unspecified atom stereocenters. The van der Waals surface area contributed by atoms with E-state index >= 15 is 0 Å². The smallest absolute Gasteiger partial charge is 0.408 e. The quantitative estimate of drug-likeness (QED) is 0.760. The Bertz CT molecular complexity index is 341. The minimum absolute atomic E-state index is 0.211. The first-order valence-corrected chi connectivity index (χ1v) is 4.56. The first kappa shape index (κ1) is 11.4. The van der Waals surface area contributed by atoms with Crippen LogP contribution in [0.2, 0.25) is 0 Å². The van der Waals surface area contributed by atoms with E-state index in [0.29, 0.717) is 5.82 Å². The van der Waals surface area contributed by atoms with E-state index in [9.17, 15) is 4.79 Å². The summed E-state index contributed by atoms with van der Waals surface area (Å²) in [5.41, 5.74) is -0.500. The maximum absolute atomic E-state index is 11.2. The first-order valence-electron chi connectivity index (χ1n) is 4.56. The van der Waals surface area contributed by atoms with Gasteiger partial charge in [-0.2, -0.15) is 4.80 Å². The highest BCUT2D eigenvalue weighted by Crippen LogP contribution is 2.06. The Balaban J connectivity index is 2.35. The lowest BCUT2D eigenvalue weighted by molar-refractivity contribution is 0.0522. The minimum atomic E-state index is -0.500. The molecule has 0 saturated heterocycles. The molecule has 1 aromatic heterocycles. The molecule has 1 rings (SSSR count). The summed E-state index contributed by atoms with van der Waals surface area (Å²) in [5.74, 6) is 0.448. The lowest BCUT2D eigenvalue weighted by Crippen LogP contribution is -2.32. The molecule has 0 aliphatic carbocycles. The average Bonchev–Trinajstić information content (AvgIpc) is 2.45. The number of hydrogen-bond donors (Lipinski definition) is 1. The van der Waals surface area contributed by atoms with Gasteiger partial charge in [0.25, 0.3) is 0 Å². The molecule has 0 aliphatic heterocycles. The van der Waals surface area contributed by atoms with E-state index in [1.54, 1.807) is 27.8 Å². The highest BCUT2D eigenvalue weighted by atomic mass is 16.6. The molecule has 0 fully saturated rings. The van der Waals surface area contributed by atoms with Gasteiger partial charge in [-0.3, -0.25) is 0 Å². The zero-order valence-electron chi connectivity index (χ0n) is 9.31. The molecule has 1 N–H and O–H groups in total. The van der Waals surface area contributed by atoms with Crippen LogP contribution in [0.15, 0.2) is 0 Å². The molecule has 15 heavy (non-hydrogen) atoms. The fourth-order valence-corrected chi connectivity index (χ4v) is 0.860. The summed E-state index contributed by atoms with van der Waals surface area (Å²) in [6, 6.07) is 0. The number of carbonyl (C=O) groups excluding carboxylic acids is 1. The van der Waals surface area contributed by atoms with Gasteiger partial charge in [0.2, 0.25) is 0 Å². The van der Waals surface area contributed by atoms with Crippen molar-refractivity contribution in [1.29, 1.82) is 0 Å². The van der Waals surface area contributed by atoms with Crippen molar-refractivity contribution >= 4 is 6.09 Å². The molecule has 1 heterocycles. The van der Waals surface area contributed by atoms with Crippen molar-refractivity contribution in [1.82, 2.24) is 25.5 Å². The number of aromatic nitrogens is 4. The van der Waals surface area contributed by atoms with Gasteiger partial charge in [0.15, 0.2) is 5.82 Å². The van der Waals surface area contributed by atoms with Crippen molar-refractivity contribution in [2.45, 2.75) is 32.9 Å². The van der Waals surface area contributed by atoms with Crippen molar-refractivity contribution in [3.63, 3.8) is 0 Å². The third-order valence-electron chi connectivity index (χ3n) is 1.34. The van der Waals surface area contributed by atoms with Gasteiger partial charge in [-0.05, 0) is 26.0 Å². The molecule has 1 amide bonds. The van der Waals surface area contributed by atoms with Gasteiger partial charge in [0, 0.05) is 0 Å². The number of tetrazole rings is 1. The second-order valence-corrected chi connectivity index (χ2v) is 4.05. The summed E-state index contributed by atoms with van der Waals surface area (Å²) in [7, 11) is 1.66. The van der Waals surface area contributed by atoms with E-state index in [1.807, 2.05) is 0 Å². The van der Waals surface area contributed by atoms with Crippen LogP contribution in [0.4, 0.5) is 4.79 Å². The van der Waals surface area contributed by atoms with Gasteiger partial charge in [0.05, 0.1) is 13.6 Å². The standard InChI is InChI=1S/C8H15N5O2/c1-8(2,3)15-7(14)9-5-6-10-12-13(4)11-6/h5H2,1-4H3,(H,9,14). The third-order valence-corrected chi connectivity index (χ3v) is 1.34. The number of rotatable bonds is 2. The second-order valence-electron chi connectivity index (χ2n) is 4.05. The van der Waals surface area contributed by atoms with Crippen molar-refractivity contribution in [2.75, 3.05) is 0 Å². The number of amides is 1. The molecule has 0 atom stereocenters. The minimum Gasteiger partial charge on any atom is -0.444 e. The van der Waals surface area contributed by atoms with Crippen molar-refractivity contribution in [3.8, 4) is 0 Å². The summed E-state index contributed by atoms with van der Waals surface area (Å²) < 4.78 is 5.03. The van der Waals surface area contributed by atoms with Crippen LogP contribution >= 0.6 is 0 Å². The van der Waals surface area contributed by atoms with E-state index in [4.69, 9.17) is 4.74 Å². The van der Waals surface area contributed by atoms with Crippen LogP contribution in [0.25, 0.3) is 0 Å². The Morgan fingerprint density at radius 2 is 2.20 bits per heavy atom. The normalized spacial score (nSPS) is 11.2. The molecule has 0 bridgehead atoms. The fourth-order valence-electron chi connectivity index (χ4n) is 0.860. The number of nitrogens with zero attached hydrogens (tertiary/aromatic N) is 4.